The fourth-order valence-electron chi connectivity index (χ4n) is 3.38. The molecule has 0 aromatic heterocycles. The van der Waals surface area contributed by atoms with E-state index in [4.69, 9.17) is 9.47 Å². The monoisotopic (exact) mass is 338 g/mol. The maximum atomic E-state index is 12.0. The van der Waals surface area contributed by atoms with Gasteiger partial charge >= 0.3 is 0 Å². The first-order valence-corrected chi connectivity index (χ1v) is 9.46. The molecule has 5 nitrogen and oxygen atoms in total. The van der Waals surface area contributed by atoms with Crippen LogP contribution in [0, 0.1) is 0 Å². The Morgan fingerprint density at radius 1 is 1.29 bits per heavy atom. The van der Waals surface area contributed by atoms with Gasteiger partial charge in [0.15, 0.2) is 0 Å². The van der Waals surface area contributed by atoms with Gasteiger partial charge in [-0.15, -0.1) is 0 Å². The fraction of sp³-hybridized carbons (Fsp3) is 0.842. The third kappa shape index (κ3) is 6.19. The van der Waals surface area contributed by atoms with Crippen molar-refractivity contribution in [3.05, 3.63) is 11.6 Å². The number of hydrogen-bond acceptors (Lipinski definition) is 4. The lowest BCUT2D eigenvalue weighted by Crippen LogP contribution is -2.54. The average Bonchev–Trinajstić information content (AvgIpc) is 2.57. The molecule has 1 N–H and O–H groups in total. The second kappa shape index (κ2) is 10.2. The molecule has 0 spiro atoms. The van der Waals surface area contributed by atoms with E-state index in [-0.39, 0.29) is 6.10 Å². The minimum absolute atomic E-state index is 0.120. The highest BCUT2D eigenvalue weighted by atomic mass is 16.5. The lowest BCUT2D eigenvalue weighted by molar-refractivity contribution is -0.132. The predicted octanol–water partition coefficient (Wildman–Crippen LogP) is 2.51. The van der Waals surface area contributed by atoms with E-state index in [1.807, 2.05) is 4.90 Å². The standard InChI is InChI=1S/C19H34N2O3/c1-4-5-19(22)21-10-6-16(7-11-21)20-17-9-12-23-14-18(17)24-13-8-15(2)3/h8,16-18,20H,4-7,9-14H2,1-3H3/t17-,18-/m1/s1. The molecule has 5 heteroatoms. The predicted molar refractivity (Wildman–Crippen MR) is 96.0 cm³/mol. The van der Waals surface area contributed by atoms with E-state index in [0.717, 1.165) is 45.4 Å². The summed E-state index contributed by atoms with van der Waals surface area (Å²) in [6.07, 6.45) is 6.91. The van der Waals surface area contributed by atoms with Gasteiger partial charge in [0.25, 0.3) is 0 Å². The smallest absolute Gasteiger partial charge is 0.222 e. The molecular weight excluding hydrogens is 304 g/mol. The Kier molecular flexibility index (Phi) is 8.22. The van der Waals surface area contributed by atoms with Crippen LogP contribution in [0.15, 0.2) is 11.6 Å². The van der Waals surface area contributed by atoms with Crippen LogP contribution in [0.5, 0.6) is 0 Å². The molecule has 1 amide bonds. The molecule has 0 aliphatic carbocycles. The molecule has 2 rings (SSSR count). The Bertz CT molecular complexity index is 413. The van der Waals surface area contributed by atoms with E-state index in [2.05, 4.69) is 32.2 Å². The summed E-state index contributed by atoms with van der Waals surface area (Å²) in [5, 5.41) is 3.77. The van der Waals surface area contributed by atoms with Crippen molar-refractivity contribution in [1.29, 1.82) is 0 Å². The normalized spacial score (nSPS) is 25.5. The Hall–Kier alpha value is -0.910. The summed E-state index contributed by atoms with van der Waals surface area (Å²) in [5.74, 6) is 0.310. The molecule has 0 saturated carbocycles. The molecule has 0 unspecified atom stereocenters. The molecule has 2 heterocycles. The third-order valence-corrected chi connectivity index (χ3v) is 4.87. The highest BCUT2D eigenvalue weighted by Gasteiger charge is 2.30. The molecule has 24 heavy (non-hydrogen) atoms. The van der Waals surface area contributed by atoms with Crippen LogP contribution < -0.4 is 5.32 Å². The Balaban J connectivity index is 1.77. The van der Waals surface area contributed by atoms with Crippen LogP contribution in [0.3, 0.4) is 0 Å². The highest BCUT2D eigenvalue weighted by molar-refractivity contribution is 5.76. The number of nitrogens with one attached hydrogen (secondary N) is 1. The Morgan fingerprint density at radius 3 is 2.71 bits per heavy atom. The number of carbonyl (C=O) groups is 1. The molecule has 138 valence electrons. The van der Waals surface area contributed by atoms with Crippen LogP contribution in [-0.4, -0.2) is 61.9 Å². The van der Waals surface area contributed by atoms with Crippen LogP contribution >= 0.6 is 0 Å². The van der Waals surface area contributed by atoms with Gasteiger partial charge in [-0.25, -0.2) is 0 Å². The zero-order valence-corrected chi connectivity index (χ0v) is 15.6. The van der Waals surface area contributed by atoms with E-state index >= 15 is 0 Å². The number of carbonyl (C=O) groups excluding carboxylic acids is 1. The van der Waals surface area contributed by atoms with Gasteiger partial charge in [0.2, 0.25) is 5.91 Å². The van der Waals surface area contributed by atoms with Gasteiger partial charge in [-0.3, -0.25) is 4.79 Å². The average molecular weight is 338 g/mol. The fourth-order valence-corrected chi connectivity index (χ4v) is 3.38. The second-order valence-electron chi connectivity index (χ2n) is 7.20. The maximum absolute atomic E-state index is 12.0. The van der Waals surface area contributed by atoms with Crippen molar-refractivity contribution in [2.45, 2.75) is 71.1 Å². The lowest BCUT2D eigenvalue weighted by atomic mass is 9.99. The minimum Gasteiger partial charge on any atom is -0.379 e. The van der Waals surface area contributed by atoms with Gasteiger partial charge in [0.05, 0.1) is 19.3 Å². The van der Waals surface area contributed by atoms with Gasteiger partial charge in [0.1, 0.15) is 0 Å². The second-order valence-corrected chi connectivity index (χ2v) is 7.20. The molecule has 2 atom stereocenters. The van der Waals surface area contributed by atoms with Crippen molar-refractivity contribution in [2.24, 2.45) is 0 Å². The summed E-state index contributed by atoms with van der Waals surface area (Å²) in [6.45, 7) is 10.1. The van der Waals surface area contributed by atoms with Gasteiger partial charge < -0.3 is 19.7 Å². The van der Waals surface area contributed by atoms with Crippen molar-refractivity contribution in [3.8, 4) is 0 Å². The van der Waals surface area contributed by atoms with Crippen LogP contribution in [0.2, 0.25) is 0 Å². The molecule has 0 aromatic carbocycles. The summed E-state index contributed by atoms with van der Waals surface area (Å²) in [7, 11) is 0. The molecule has 0 bridgehead atoms. The van der Waals surface area contributed by atoms with Crippen molar-refractivity contribution < 1.29 is 14.3 Å². The van der Waals surface area contributed by atoms with Crippen LogP contribution in [0.1, 0.15) is 52.9 Å². The molecule has 2 aliphatic rings. The first-order valence-electron chi connectivity index (χ1n) is 9.46. The number of hydrogen-bond donors (Lipinski definition) is 1. The number of ether oxygens (including phenoxy) is 2. The van der Waals surface area contributed by atoms with Crippen LogP contribution in [-0.2, 0) is 14.3 Å². The third-order valence-electron chi connectivity index (χ3n) is 4.87. The van der Waals surface area contributed by atoms with E-state index in [1.165, 1.54) is 5.57 Å². The van der Waals surface area contributed by atoms with E-state index in [0.29, 0.717) is 37.6 Å². The maximum Gasteiger partial charge on any atom is 0.222 e. The molecule has 0 radical (unpaired) electrons. The van der Waals surface area contributed by atoms with Crippen molar-refractivity contribution in [1.82, 2.24) is 10.2 Å². The Labute approximate surface area is 146 Å². The zero-order chi connectivity index (χ0) is 17.4. The number of likely N-dealkylation sites (tertiary alicyclic amines) is 1. The number of rotatable bonds is 7. The van der Waals surface area contributed by atoms with Crippen LogP contribution in [0.25, 0.3) is 0 Å². The van der Waals surface area contributed by atoms with E-state index in [1.54, 1.807) is 0 Å². The first kappa shape index (κ1) is 19.4. The van der Waals surface area contributed by atoms with E-state index in [9.17, 15) is 4.79 Å². The van der Waals surface area contributed by atoms with Crippen molar-refractivity contribution in [3.63, 3.8) is 0 Å². The largest absolute Gasteiger partial charge is 0.379 e. The summed E-state index contributed by atoms with van der Waals surface area (Å²) in [5.41, 5.74) is 1.28. The van der Waals surface area contributed by atoms with E-state index < -0.39 is 0 Å². The summed E-state index contributed by atoms with van der Waals surface area (Å²) >= 11 is 0. The number of nitrogens with zero attached hydrogens (tertiary/aromatic N) is 1. The molecular formula is C19H34N2O3. The zero-order valence-electron chi connectivity index (χ0n) is 15.6. The number of allylic oxidation sites excluding steroid dienone is 1. The minimum atomic E-state index is 0.120. The Morgan fingerprint density at radius 2 is 2.04 bits per heavy atom. The molecule has 0 aromatic rings. The molecule has 2 aliphatic heterocycles. The molecule has 2 fully saturated rings. The number of amides is 1. The quantitative estimate of drug-likeness (QED) is 0.725. The van der Waals surface area contributed by atoms with Gasteiger partial charge in [-0.05, 0) is 39.5 Å². The summed E-state index contributed by atoms with van der Waals surface area (Å²) in [6, 6.07) is 0.834. The number of piperidine rings is 1. The van der Waals surface area contributed by atoms with Crippen molar-refractivity contribution in [2.75, 3.05) is 32.9 Å². The SMILES string of the molecule is CCCC(=O)N1CCC(N[C@@H]2CCOC[C@H]2OCC=C(C)C)CC1. The van der Waals surface area contributed by atoms with Crippen molar-refractivity contribution >= 4 is 5.91 Å². The molecule has 2 saturated heterocycles. The summed E-state index contributed by atoms with van der Waals surface area (Å²) < 4.78 is 11.6. The highest BCUT2D eigenvalue weighted by Crippen LogP contribution is 2.17. The summed E-state index contributed by atoms with van der Waals surface area (Å²) in [4.78, 5) is 14.0. The topological polar surface area (TPSA) is 50.8 Å². The van der Waals surface area contributed by atoms with Gasteiger partial charge in [-0.2, -0.15) is 0 Å². The van der Waals surface area contributed by atoms with Gasteiger partial charge in [-0.1, -0.05) is 18.6 Å². The van der Waals surface area contributed by atoms with Gasteiger partial charge in [0, 0.05) is 38.2 Å². The van der Waals surface area contributed by atoms with Crippen LogP contribution in [0.4, 0.5) is 0 Å². The lowest BCUT2D eigenvalue weighted by Gasteiger charge is -2.38. The first-order chi connectivity index (χ1) is 11.6.